The summed E-state index contributed by atoms with van der Waals surface area (Å²) < 4.78 is 24.6. The van der Waals surface area contributed by atoms with Crippen LogP contribution in [0.5, 0.6) is 0 Å². The van der Waals surface area contributed by atoms with E-state index in [1.807, 2.05) is 11.6 Å². The van der Waals surface area contributed by atoms with E-state index in [9.17, 15) is 8.42 Å². The average Bonchev–Trinajstić information content (AvgIpc) is 2.85. The number of sulfone groups is 1. The summed E-state index contributed by atoms with van der Waals surface area (Å²) >= 11 is 0. The molecular formula is C11H20N4O2S. The number of nitrogens with two attached hydrogens (primary N) is 1. The summed E-state index contributed by atoms with van der Waals surface area (Å²) in [4.78, 5) is 4.18. The summed E-state index contributed by atoms with van der Waals surface area (Å²) in [5.74, 6) is 1.70. The van der Waals surface area contributed by atoms with Gasteiger partial charge in [0.15, 0.2) is 9.84 Å². The fourth-order valence-corrected chi connectivity index (χ4v) is 4.39. The Balaban J connectivity index is 1.88. The third-order valence-corrected chi connectivity index (χ3v) is 5.24. The first kappa shape index (κ1) is 13.5. The van der Waals surface area contributed by atoms with Crippen molar-refractivity contribution in [2.45, 2.75) is 38.8 Å². The van der Waals surface area contributed by atoms with Gasteiger partial charge in [0.25, 0.3) is 0 Å². The Morgan fingerprint density at radius 2 is 2.39 bits per heavy atom. The van der Waals surface area contributed by atoms with Gasteiger partial charge in [-0.05, 0) is 25.7 Å². The Hall–Kier alpha value is -0.950. The van der Waals surface area contributed by atoms with Crippen LogP contribution in [0.2, 0.25) is 0 Å². The quantitative estimate of drug-likeness (QED) is 0.814. The van der Waals surface area contributed by atoms with E-state index < -0.39 is 9.84 Å². The lowest BCUT2D eigenvalue weighted by Gasteiger charge is -2.15. The van der Waals surface area contributed by atoms with Crippen molar-refractivity contribution in [2.75, 3.05) is 11.5 Å². The summed E-state index contributed by atoms with van der Waals surface area (Å²) in [5.41, 5.74) is 6.08. The van der Waals surface area contributed by atoms with Crippen molar-refractivity contribution >= 4 is 9.84 Å². The molecule has 2 N–H and O–H groups in total. The predicted octanol–water partition coefficient (Wildman–Crippen LogP) is -0.00740. The van der Waals surface area contributed by atoms with Crippen molar-refractivity contribution in [1.82, 2.24) is 14.8 Å². The average molecular weight is 272 g/mol. The Kier molecular flexibility index (Phi) is 4.01. The molecule has 1 aromatic rings. The van der Waals surface area contributed by atoms with Crippen molar-refractivity contribution in [3.8, 4) is 0 Å². The summed E-state index contributed by atoms with van der Waals surface area (Å²) in [5, 5.41) is 4.10. The first-order valence-corrected chi connectivity index (χ1v) is 8.15. The molecule has 1 saturated heterocycles. The molecule has 1 fully saturated rings. The van der Waals surface area contributed by atoms with Gasteiger partial charge in [0.05, 0.1) is 11.5 Å². The molecule has 1 aromatic heterocycles. The fraction of sp³-hybridized carbons (Fsp3) is 0.818. The zero-order valence-corrected chi connectivity index (χ0v) is 11.4. The van der Waals surface area contributed by atoms with Crippen molar-refractivity contribution in [2.24, 2.45) is 11.7 Å². The van der Waals surface area contributed by atoms with Crippen LogP contribution >= 0.6 is 0 Å². The van der Waals surface area contributed by atoms with Gasteiger partial charge in [-0.15, -0.1) is 0 Å². The van der Waals surface area contributed by atoms with Gasteiger partial charge < -0.3 is 5.73 Å². The van der Waals surface area contributed by atoms with Gasteiger partial charge in [-0.25, -0.2) is 13.4 Å². The van der Waals surface area contributed by atoms with Crippen LogP contribution in [0.1, 0.15) is 25.6 Å². The van der Waals surface area contributed by atoms with Crippen LogP contribution < -0.4 is 5.73 Å². The zero-order valence-electron chi connectivity index (χ0n) is 10.6. The van der Waals surface area contributed by atoms with Gasteiger partial charge >= 0.3 is 0 Å². The highest BCUT2D eigenvalue weighted by Gasteiger charge is 2.29. The molecule has 6 nitrogen and oxygen atoms in total. The van der Waals surface area contributed by atoms with Crippen LogP contribution in [0.3, 0.4) is 0 Å². The maximum atomic E-state index is 11.4. The van der Waals surface area contributed by atoms with E-state index >= 15 is 0 Å². The first-order chi connectivity index (χ1) is 8.50. The van der Waals surface area contributed by atoms with Crippen molar-refractivity contribution in [1.29, 1.82) is 0 Å². The second kappa shape index (κ2) is 5.36. The van der Waals surface area contributed by atoms with Crippen molar-refractivity contribution in [3.63, 3.8) is 0 Å². The van der Waals surface area contributed by atoms with Crippen LogP contribution in [0.15, 0.2) is 6.33 Å². The highest BCUT2D eigenvalue weighted by atomic mass is 32.2. The first-order valence-electron chi connectivity index (χ1n) is 6.33. The van der Waals surface area contributed by atoms with Crippen LogP contribution in [0.4, 0.5) is 0 Å². The molecule has 2 heterocycles. The predicted molar refractivity (Wildman–Crippen MR) is 68.8 cm³/mol. The minimum atomic E-state index is -2.80. The molecule has 0 aliphatic carbocycles. The lowest BCUT2D eigenvalue weighted by atomic mass is 9.98. The van der Waals surface area contributed by atoms with E-state index in [1.165, 1.54) is 6.33 Å². The second-order valence-corrected chi connectivity index (χ2v) is 7.19. The standard InChI is InChI=1S/C11H20N4O2S/c1-2-15-11(13-8-14-15)6-10(12)5-9-3-4-18(16,17)7-9/h8-10H,2-7,12H2,1H3. The van der Waals surface area contributed by atoms with Crippen LogP contribution in [0, 0.1) is 5.92 Å². The van der Waals surface area contributed by atoms with E-state index in [1.54, 1.807) is 0 Å². The van der Waals surface area contributed by atoms with Crippen molar-refractivity contribution in [3.05, 3.63) is 12.2 Å². The van der Waals surface area contributed by atoms with Crippen LogP contribution in [0.25, 0.3) is 0 Å². The Morgan fingerprint density at radius 3 is 3.00 bits per heavy atom. The summed E-state index contributed by atoms with van der Waals surface area (Å²) in [6, 6.07) is -0.0437. The molecule has 102 valence electrons. The minimum Gasteiger partial charge on any atom is -0.327 e. The summed E-state index contributed by atoms with van der Waals surface area (Å²) in [6.45, 7) is 2.78. The Labute approximate surface area is 108 Å². The maximum absolute atomic E-state index is 11.4. The normalized spacial score (nSPS) is 24.2. The van der Waals surface area contributed by atoms with E-state index in [2.05, 4.69) is 10.1 Å². The van der Waals surface area contributed by atoms with Gasteiger partial charge in [0, 0.05) is 19.0 Å². The highest BCUT2D eigenvalue weighted by Crippen LogP contribution is 2.23. The van der Waals surface area contributed by atoms with Crippen LogP contribution in [-0.2, 0) is 22.8 Å². The SMILES string of the molecule is CCn1ncnc1CC(N)CC1CCS(=O)(=O)C1. The largest absolute Gasteiger partial charge is 0.327 e. The third kappa shape index (κ3) is 3.29. The molecule has 2 unspecified atom stereocenters. The third-order valence-electron chi connectivity index (χ3n) is 3.40. The van der Waals surface area contributed by atoms with Gasteiger partial charge in [-0.1, -0.05) is 0 Å². The molecule has 0 radical (unpaired) electrons. The van der Waals surface area contributed by atoms with E-state index in [0.717, 1.165) is 25.2 Å². The minimum absolute atomic E-state index is 0.0437. The molecule has 0 saturated carbocycles. The van der Waals surface area contributed by atoms with Gasteiger partial charge in [-0.2, -0.15) is 5.10 Å². The molecule has 7 heteroatoms. The highest BCUT2D eigenvalue weighted by molar-refractivity contribution is 7.91. The molecule has 1 aliphatic rings. The maximum Gasteiger partial charge on any atom is 0.150 e. The van der Waals surface area contributed by atoms with Crippen LogP contribution in [-0.4, -0.2) is 40.7 Å². The zero-order chi connectivity index (χ0) is 13.2. The molecular weight excluding hydrogens is 252 g/mol. The molecule has 0 bridgehead atoms. The van der Waals surface area contributed by atoms with E-state index in [-0.39, 0.29) is 12.0 Å². The molecule has 0 amide bonds. The van der Waals surface area contributed by atoms with Gasteiger partial charge in [-0.3, -0.25) is 4.68 Å². The Bertz CT molecular complexity index is 497. The monoisotopic (exact) mass is 272 g/mol. The number of nitrogens with zero attached hydrogens (tertiary/aromatic N) is 3. The number of aromatic nitrogens is 3. The lowest BCUT2D eigenvalue weighted by molar-refractivity contribution is 0.454. The topological polar surface area (TPSA) is 90.9 Å². The smallest absolute Gasteiger partial charge is 0.150 e. The van der Waals surface area contributed by atoms with Gasteiger partial charge in [0.1, 0.15) is 12.2 Å². The Morgan fingerprint density at radius 1 is 1.61 bits per heavy atom. The number of hydrogen-bond acceptors (Lipinski definition) is 5. The number of aryl methyl sites for hydroxylation is 1. The molecule has 1 aliphatic heterocycles. The van der Waals surface area contributed by atoms with E-state index in [0.29, 0.717) is 17.9 Å². The van der Waals surface area contributed by atoms with E-state index in [4.69, 9.17) is 5.73 Å². The van der Waals surface area contributed by atoms with Crippen molar-refractivity contribution < 1.29 is 8.42 Å². The van der Waals surface area contributed by atoms with Gasteiger partial charge in [0.2, 0.25) is 0 Å². The second-order valence-electron chi connectivity index (χ2n) is 4.96. The molecule has 2 atom stereocenters. The molecule has 0 spiro atoms. The molecule has 0 aromatic carbocycles. The number of hydrogen-bond donors (Lipinski definition) is 1. The summed E-state index contributed by atoms with van der Waals surface area (Å²) in [6.07, 6.45) is 3.68. The lowest BCUT2D eigenvalue weighted by Crippen LogP contribution is -2.28. The summed E-state index contributed by atoms with van der Waals surface area (Å²) in [7, 11) is -2.80. The molecule has 18 heavy (non-hydrogen) atoms. The molecule has 2 rings (SSSR count). The number of rotatable bonds is 5. The fourth-order valence-electron chi connectivity index (χ4n) is 2.51.